The molecule has 0 saturated heterocycles. The lowest BCUT2D eigenvalue weighted by molar-refractivity contribution is 0.0694. The second kappa shape index (κ2) is 3.58. The van der Waals surface area contributed by atoms with Crippen LogP contribution in [-0.2, 0) is 6.42 Å². The third-order valence-corrected chi connectivity index (χ3v) is 2.59. The van der Waals surface area contributed by atoms with Crippen molar-refractivity contribution in [3.63, 3.8) is 0 Å². The fourth-order valence-corrected chi connectivity index (χ4v) is 1.74. The first-order chi connectivity index (χ1) is 7.09. The number of para-hydroxylation sites is 1. The lowest BCUT2D eigenvalue weighted by Crippen LogP contribution is -2.33. The van der Waals surface area contributed by atoms with Gasteiger partial charge in [0.15, 0.2) is 0 Å². The fourth-order valence-electron chi connectivity index (χ4n) is 1.74. The lowest BCUT2D eigenvalue weighted by atomic mass is 9.68. The van der Waals surface area contributed by atoms with E-state index < -0.39 is 13.1 Å². The molecule has 1 aromatic rings. The molecule has 0 amide bonds. The average Bonchev–Trinajstić information content (AvgIpc) is 2.18. The summed E-state index contributed by atoms with van der Waals surface area (Å²) >= 11 is 0. The number of fused-ring (bicyclic) bond motifs is 1. The predicted octanol–water partition coefficient (Wildman–Crippen LogP) is 1.19. The van der Waals surface area contributed by atoms with Gasteiger partial charge in [0.25, 0.3) is 0 Å². The summed E-state index contributed by atoms with van der Waals surface area (Å²) < 4.78 is 5.21. The zero-order chi connectivity index (χ0) is 11.0. The van der Waals surface area contributed by atoms with E-state index in [0.717, 1.165) is 5.56 Å². The number of hydrogen-bond acceptors (Lipinski definition) is 3. The van der Waals surface area contributed by atoms with Crippen LogP contribution in [-0.4, -0.2) is 23.2 Å². The third kappa shape index (κ3) is 1.70. The van der Waals surface area contributed by atoms with Gasteiger partial charge in [0.05, 0.1) is 5.56 Å². The third-order valence-electron chi connectivity index (χ3n) is 2.59. The van der Waals surface area contributed by atoms with Crippen LogP contribution in [0.5, 0.6) is 5.75 Å². The number of benzene rings is 1. The molecule has 0 aromatic heterocycles. The largest absolute Gasteiger partial charge is 0.535 e. The highest BCUT2D eigenvalue weighted by atomic mass is 16.5. The van der Waals surface area contributed by atoms with Gasteiger partial charge in [0.2, 0.25) is 0 Å². The van der Waals surface area contributed by atoms with Crippen LogP contribution in [0.2, 0.25) is 5.82 Å². The number of carboxylic acids is 1. The van der Waals surface area contributed by atoms with Gasteiger partial charge in [-0.15, -0.1) is 0 Å². The van der Waals surface area contributed by atoms with Gasteiger partial charge in [-0.2, -0.15) is 0 Å². The van der Waals surface area contributed by atoms with Crippen molar-refractivity contribution >= 4 is 13.1 Å². The highest BCUT2D eigenvalue weighted by Gasteiger charge is 2.33. The summed E-state index contributed by atoms with van der Waals surface area (Å²) in [5.74, 6) is -0.745. The standard InChI is InChI=1S/C10H11BO4/c1-6-5-7-3-2-4-8(10(12)13)9(7)15-11(6)14/h2-4,6,14H,5H2,1H3,(H,12,13)/t6-/m1/s1. The fraction of sp³-hybridized carbons (Fsp3) is 0.300. The molecule has 2 rings (SSSR count). The minimum Gasteiger partial charge on any atom is -0.535 e. The van der Waals surface area contributed by atoms with Crippen LogP contribution in [0.4, 0.5) is 0 Å². The van der Waals surface area contributed by atoms with E-state index in [2.05, 4.69) is 0 Å². The van der Waals surface area contributed by atoms with E-state index in [1.807, 2.05) is 13.0 Å². The van der Waals surface area contributed by atoms with E-state index in [-0.39, 0.29) is 11.4 Å². The van der Waals surface area contributed by atoms with E-state index >= 15 is 0 Å². The van der Waals surface area contributed by atoms with Gasteiger partial charge in [-0.25, -0.2) is 4.79 Å². The maximum Gasteiger partial charge on any atom is 0.525 e. The molecule has 4 nitrogen and oxygen atoms in total. The van der Waals surface area contributed by atoms with Crippen molar-refractivity contribution in [2.45, 2.75) is 19.2 Å². The van der Waals surface area contributed by atoms with E-state index in [1.165, 1.54) is 6.07 Å². The van der Waals surface area contributed by atoms with Crippen molar-refractivity contribution < 1.29 is 19.6 Å². The second-order valence-corrected chi connectivity index (χ2v) is 3.79. The summed E-state index contributed by atoms with van der Waals surface area (Å²) in [7, 11) is -0.919. The van der Waals surface area contributed by atoms with Crippen LogP contribution in [0.1, 0.15) is 22.8 Å². The smallest absolute Gasteiger partial charge is 0.525 e. The van der Waals surface area contributed by atoms with Crippen LogP contribution in [0, 0.1) is 0 Å². The first kappa shape index (κ1) is 10.0. The Morgan fingerprint density at radius 2 is 2.33 bits per heavy atom. The maximum absolute atomic E-state index is 10.9. The Bertz CT molecular complexity index is 404. The summed E-state index contributed by atoms with van der Waals surface area (Å²) in [4.78, 5) is 10.9. The Labute approximate surface area is 87.6 Å². The van der Waals surface area contributed by atoms with Crippen molar-refractivity contribution in [2.24, 2.45) is 0 Å². The first-order valence-corrected chi connectivity index (χ1v) is 4.79. The van der Waals surface area contributed by atoms with Crippen molar-refractivity contribution in [3.8, 4) is 5.75 Å². The summed E-state index contributed by atoms with van der Waals surface area (Å²) in [6.07, 6.45) is 0.637. The first-order valence-electron chi connectivity index (χ1n) is 4.79. The average molecular weight is 206 g/mol. The number of carbonyl (C=O) groups is 1. The molecule has 78 valence electrons. The van der Waals surface area contributed by atoms with Gasteiger partial charge in [-0.3, -0.25) is 0 Å². The molecule has 0 spiro atoms. The van der Waals surface area contributed by atoms with Gasteiger partial charge >= 0.3 is 13.1 Å². The van der Waals surface area contributed by atoms with E-state index in [1.54, 1.807) is 6.07 Å². The molecule has 0 bridgehead atoms. The van der Waals surface area contributed by atoms with Gasteiger partial charge in [0, 0.05) is 5.82 Å². The van der Waals surface area contributed by atoms with Crippen LogP contribution in [0.25, 0.3) is 0 Å². The predicted molar refractivity (Wildman–Crippen MR) is 55.1 cm³/mol. The number of aromatic carboxylic acids is 1. The zero-order valence-corrected chi connectivity index (χ0v) is 8.30. The van der Waals surface area contributed by atoms with E-state index in [9.17, 15) is 9.82 Å². The summed E-state index contributed by atoms with van der Waals surface area (Å²) in [5, 5.41) is 18.4. The van der Waals surface area contributed by atoms with E-state index in [4.69, 9.17) is 9.76 Å². The Morgan fingerprint density at radius 3 is 3.00 bits per heavy atom. The molecule has 0 saturated carbocycles. The second-order valence-electron chi connectivity index (χ2n) is 3.79. The Balaban J connectivity index is 2.48. The molecular formula is C10H11BO4. The van der Waals surface area contributed by atoms with Crippen molar-refractivity contribution in [3.05, 3.63) is 29.3 Å². The van der Waals surface area contributed by atoms with Crippen molar-refractivity contribution in [1.82, 2.24) is 0 Å². The van der Waals surface area contributed by atoms with Crippen LogP contribution in [0.15, 0.2) is 18.2 Å². The molecule has 1 aliphatic heterocycles. The molecule has 5 heteroatoms. The molecule has 1 atom stereocenters. The summed E-state index contributed by atoms with van der Waals surface area (Å²) in [6, 6.07) is 4.99. The van der Waals surface area contributed by atoms with Gasteiger partial charge in [-0.05, 0) is 18.1 Å². The number of rotatable bonds is 1. The van der Waals surface area contributed by atoms with Crippen molar-refractivity contribution in [1.29, 1.82) is 0 Å². The summed E-state index contributed by atoms with van der Waals surface area (Å²) in [6.45, 7) is 1.86. The molecular weight excluding hydrogens is 195 g/mol. The topological polar surface area (TPSA) is 66.8 Å². The molecule has 1 aromatic carbocycles. The quantitative estimate of drug-likeness (QED) is 0.677. The molecule has 1 heterocycles. The van der Waals surface area contributed by atoms with Crippen LogP contribution >= 0.6 is 0 Å². The SMILES string of the molecule is C[C@@H]1Cc2cccc(C(=O)O)c2OB1O. The number of carboxylic acid groups (broad SMARTS) is 1. The lowest BCUT2D eigenvalue weighted by Gasteiger charge is -2.25. The minimum atomic E-state index is -1.03. The van der Waals surface area contributed by atoms with E-state index in [0.29, 0.717) is 12.2 Å². The molecule has 15 heavy (non-hydrogen) atoms. The summed E-state index contributed by atoms with van der Waals surface area (Å²) in [5.41, 5.74) is 0.950. The maximum atomic E-state index is 10.9. The van der Waals surface area contributed by atoms with Crippen LogP contribution in [0.3, 0.4) is 0 Å². The minimum absolute atomic E-state index is 0.0125. The highest BCUT2D eigenvalue weighted by Crippen LogP contribution is 2.34. The molecule has 0 unspecified atom stereocenters. The Morgan fingerprint density at radius 1 is 1.60 bits per heavy atom. The van der Waals surface area contributed by atoms with Crippen molar-refractivity contribution in [2.75, 3.05) is 0 Å². The van der Waals surface area contributed by atoms with Gasteiger partial charge < -0.3 is 14.8 Å². The highest BCUT2D eigenvalue weighted by molar-refractivity contribution is 6.46. The molecule has 0 fully saturated rings. The molecule has 0 aliphatic carbocycles. The van der Waals surface area contributed by atoms with Gasteiger partial charge in [0.1, 0.15) is 5.75 Å². The monoisotopic (exact) mass is 206 g/mol. The van der Waals surface area contributed by atoms with Gasteiger partial charge in [-0.1, -0.05) is 19.1 Å². The molecule has 2 N–H and O–H groups in total. The molecule has 0 radical (unpaired) electrons. The Hall–Kier alpha value is -1.49. The number of hydrogen-bond donors (Lipinski definition) is 2. The van der Waals surface area contributed by atoms with Crippen LogP contribution < -0.4 is 4.65 Å². The zero-order valence-electron chi connectivity index (χ0n) is 8.30. The normalized spacial score (nSPS) is 19.3. The Kier molecular flexibility index (Phi) is 2.40. The molecule has 1 aliphatic rings.